The number of hydrogen-bond donors (Lipinski definition) is 3. The Kier molecular flexibility index (Phi) is 2.68. The highest BCUT2D eigenvalue weighted by molar-refractivity contribution is 6.05. The molecule has 0 radical (unpaired) electrons. The summed E-state index contributed by atoms with van der Waals surface area (Å²) in [4.78, 5) is 33.2. The Morgan fingerprint density at radius 1 is 1.40 bits per heavy atom. The maximum atomic E-state index is 11.2. The van der Waals surface area contributed by atoms with E-state index in [1.165, 1.54) is 0 Å². The summed E-state index contributed by atoms with van der Waals surface area (Å²) in [5.41, 5.74) is 0. The maximum Gasteiger partial charge on any atom is 0.244 e. The van der Waals surface area contributed by atoms with Crippen LogP contribution < -0.4 is 16.0 Å². The molecule has 0 bridgehead atoms. The van der Waals surface area contributed by atoms with Gasteiger partial charge in [0.1, 0.15) is 0 Å². The molecule has 3 N–H and O–H groups in total. The molecule has 0 aromatic heterocycles. The van der Waals surface area contributed by atoms with E-state index in [0.29, 0.717) is 6.04 Å². The lowest BCUT2D eigenvalue weighted by molar-refractivity contribution is -0.125. The monoisotopic (exact) mass is 211 g/mol. The van der Waals surface area contributed by atoms with Gasteiger partial charge in [-0.05, 0) is 12.8 Å². The molecule has 1 aliphatic heterocycles. The molecule has 2 aliphatic rings. The van der Waals surface area contributed by atoms with Crippen LogP contribution in [-0.4, -0.2) is 36.3 Å². The van der Waals surface area contributed by atoms with Crippen LogP contribution in [0, 0.1) is 0 Å². The van der Waals surface area contributed by atoms with Gasteiger partial charge in [-0.15, -0.1) is 0 Å². The second-order valence-electron chi connectivity index (χ2n) is 3.89. The first-order valence-electron chi connectivity index (χ1n) is 5.01. The molecule has 6 heteroatoms. The van der Waals surface area contributed by atoms with Gasteiger partial charge in [-0.25, -0.2) is 0 Å². The fourth-order valence-corrected chi connectivity index (χ4v) is 1.44. The van der Waals surface area contributed by atoms with Crippen molar-refractivity contribution in [3.05, 3.63) is 0 Å². The number of nitrogens with one attached hydrogen (secondary N) is 3. The number of hydrogen-bond acceptors (Lipinski definition) is 4. The van der Waals surface area contributed by atoms with Crippen LogP contribution >= 0.6 is 0 Å². The molecule has 15 heavy (non-hydrogen) atoms. The summed E-state index contributed by atoms with van der Waals surface area (Å²) in [6.07, 6.45) is 2.19. The van der Waals surface area contributed by atoms with Crippen molar-refractivity contribution >= 4 is 17.7 Å². The minimum atomic E-state index is -0.553. The smallest absolute Gasteiger partial charge is 0.244 e. The first-order valence-corrected chi connectivity index (χ1v) is 5.01. The molecule has 6 nitrogen and oxygen atoms in total. The van der Waals surface area contributed by atoms with Gasteiger partial charge in [-0.1, -0.05) is 0 Å². The molecule has 2 fully saturated rings. The van der Waals surface area contributed by atoms with Crippen molar-refractivity contribution in [2.24, 2.45) is 0 Å². The molecule has 1 aliphatic carbocycles. The van der Waals surface area contributed by atoms with E-state index in [-0.39, 0.29) is 30.7 Å². The molecular weight excluding hydrogens is 198 g/mol. The van der Waals surface area contributed by atoms with Gasteiger partial charge in [0.15, 0.2) is 0 Å². The van der Waals surface area contributed by atoms with Gasteiger partial charge in [0.05, 0.1) is 19.0 Å². The van der Waals surface area contributed by atoms with Crippen LogP contribution in [0.15, 0.2) is 0 Å². The van der Waals surface area contributed by atoms with Crippen molar-refractivity contribution in [2.45, 2.75) is 31.3 Å². The number of amides is 3. The summed E-state index contributed by atoms with van der Waals surface area (Å²) in [5, 5.41) is 7.71. The fraction of sp³-hybridized carbons (Fsp3) is 0.667. The average Bonchev–Trinajstić information content (AvgIpc) is 2.89. The van der Waals surface area contributed by atoms with E-state index >= 15 is 0 Å². The normalized spacial score (nSPS) is 25.2. The topological polar surface area (TPSA) is 87.3 Å². The van der Waals surface area contributed by atoms with Crippen LogP contribution in [0.3, 0.4) is 0 Å². The van der Waals surface area contributed by atoms with E-state index in [4.69, 9.17) is 0 Å². The van der Waals surface area contributed by atoms with E-state index in [1.807, 2.05) is 0 Å². The van der Waals surface area contributed by atoms with Gasteiger partial charge >= 0.3 is 0 Å². The molecule has 1 atom stereocenters. The van der Waals surface area contributed by atoms with Gasteiger partial charge in [0.2, 0.25) is 17.7 Å². The zero-order valence-corrected chi connectivity index (χ0v) is 8.21. The first-order chi connectivity index (χ1) is 7.15. The first kappa shape index (κ1) is 10.1. The third kappa shape index (κ3) is 2.76. The van der Waals surface area contributed by atoms with Gasteiger partial charge < -0.3 is 5.32 Å². The number of carbonyl (C=O) groups is 3. The van der Waals surface area contributed by atoms with E-state index in [0.717, 1.165) is 12.8 Å². The molecule has 0 spiro atoms. The van der Waals surface area contributed by atoms with E-state index in [2.05, 4.69) is 16.0 Å². The predicted molar refractivity (Wildman–Crippen MR) is 50.7 cm³/mol. The Morgan fingerprint density at radius 3 is 2.67 bits per heavy atom. The highest BCUT2D eigenvalue weighted by Crippen LogP contribution is 2.18. The lowest BCUT2D eigenvalue weighted by Gasteiger charge is -2.08. The van der Waals surface area contributed by atoms with Gasteiger partial charge in [-0.2, -0.15) is 0 Å². The van der Waals surface area contributed by atoms with E-state index in [1.54, 1.807) is 0 Å². The Balaban J connectivity index is 1.70. The zero-order chi connectivity index (χ0) is 10.8. The highest BCUT2D eigenvalue weighted by atomic mass is 16.2. The molecule has 1 saturated heterocycles. The predicted octanol–water partition coefficient (Wildman–Crippen LogP) is -1.73. The van der Waals surface area contributed by atoms with Crippen LogP contribution in [0.1, 0.15) is 19.3 Å². The quantitative estimate of drug-likeness (QED) is 0.482. The Labute approximate surface area is 86.8 Å². The van der Waals surface area contributed by atoms with Crippen LogP contribution in [0.4, 0.5) is 0 Å². The van der Waals surface area contributed by atoms with Gasteiger partial charge in [0, 0.05) is 6.04 Å². The summed E-state index contributed by atoms with van der Waals surface area (Å²) in [6, 6.07) is -0.235. The van der Waals surface area contributed by atoms with E-state index in [9.17, 15) is 14.4 Å². The van der Waals surface area contributed by atoms with Gasteiger partial charge in [-0.3, -0.25) is 25.0 Å². The molecule has 3 amide bonds. The maximum absolute atomic E-state index is 11.2. The standard InChI is InChI=1S/C9H13N3O3/c13-7-3-6(9(15)12-7)10-4-8(14)11-5-1-2-5/h5-6,10H,1-4H2,(H,11,14)(H,12,13,15). The third-order valence-electron chi connectivity index (χ3n) is 2.42. The molecule has 2 rings (SSSR count). The SMILES string of the molecule is O=C1CC(NCC(=O)NC2CC2)C(=O)N1. The van der Waals surface area contributed by atoms with Crippen molar-refractivity contribution in [1.29, 1.82) is 0 Å². The molecule has 1 heterocycles. The highest BCUT2D eigenvalue weighted by Gasteiger charge is 2.30. The number of rotatable bonds is 4. The fourth-order valence-electron chi connectivity index (χ4n) is 1.44. The minimum absolute atomic E-state index is 0.0852. The van der Waals surface area contributed by atoms with Crippen LogP contribution in [0.2, 0.25) is 0 Å². The second kappa shape index (κ2) is 3.98. The van der Waals surface area contributed by atoms with Gasteiger partial charge in [0.25, 0.3) is 0 Å². The molecular formula is C9H13N3O3. The molecule has 1 saturated carbocycles. The third-order valence-corrected chi connectivity index (χ3v) is 2.42. The van der Waals surface area contributed by atoms with E-state index < -0.39 is 6.04 Å². The van der Waals surface area contributed by atoms with Crippen molar-refractivity contribution in [1.82, 2.24) is 16.0 Å². The minimum Gasteiger partial charge on any atom is -0.352 e. The Morgan fingerprint density at radius 2 is 2.13 bits per heavy atom. The van der Waals surface area contributed by atoms with Crippen molar-refractivity contribution in [3.63, 3.8) is 0 Å². The van der Waals surface area contributed by atoms with Crippen LogP contribution in [0.25, 0.3) is 0 Å². The summed E-state index contributed by atoms with van der Waals surface area (Å²) >= 11 is 0. The largest absolute Gasteiger partial charge is 0.352 e. The summed E-state index contributed by atoms with van der Waals surface area (Å²) < 4.78 is 0. The summed E-state index contributed by atoms with van der Waals surface area (Å²) in [7, 11) is 0. The Hall–Kier alpha value is -1.43. The molecule has 0 aromatic rings. The molecule has 1 unspecified atom stereocenters. The molecule has 0 aromatic carbocycles. The summed E-state index contributed by atoms with van der Waals surface area (Å²) in [6.45, 7) is 0.0852. The number of carbonyl (C=O) groups excluding carboxylic acids is 3. The van der Waals surface area contributed by atoms with Crippen LogP contribution in [0.5, 0.6) is 0 Å². The average molecular weight is 211 g/mol. The van der Waals surface area contributed by atoms with Crippen molar-refractivity contribution in [2.75, 3.05) is 6.54 Å². The lowest BCUT2D eigenvalue weighted by atomic mass is 10.2. The second-order valence-corrected chi connectivity index (χ2v) is 3.89. The van der Waals surface area contributed by atoms with Crippen LogP contribution in [-0.2, 0) is 14.4 Å². The van der Waals surface area contributed by atoms with Crippen molar-refractivity contribution < 1.29 is 14.4 Å². The Bertz CT molecular complexity index is 312. The number of imide groups is 1. The van der Waals surface area contributed by atoms with Crippen molar-refractivity contribution in [3.8, 4) is 0 Å². The molecule has 82 valence electrons. The lowest BCUT2D eigenvalue weighted by Crippen LogP contribution is -2.43. The summed E-state index contributed by atoms with van der Waals surface area (Å²) in [5.74, 6) is -0.760. The zero-order valence-electron chi connectivity index (χ0n) is 8.21.